The summed E-state index contributed by atoms with van der Waals surface area (Å²) >= 11 is 3.65. The molecule has 2 aromatic carbocycles. The van der Waals surface area contributed by atoms with E-state index in [1.165, 1.54) is 16.7 Å². The molecular formula is C18H18BrNO2. The number of hydrogen-bond acceptors (Lipinski definition) is 3. The Morgan fingerprint density at radius 1 is 1.23 bits per heavy atom. The van der Waals surface area contributed by atoms with E-state index in [2.05, 4.69) is 39.0 Å². The van der Waals surface area contributed by atoms with Crippen molar-refractivity contribution in [2.24, 2.45) is 0 Å². The van der Waals surface area contributed by atoms with Crippen LogP contribution in [0.15, 0.2) is 34.8 Å². The quantitative estimate of drug-likeness (QED) is 0.839. The SMILES string of the molecule is COc1ccc2c(c1)CCN1Cc3c(O)ccc(Br)c3CC21. The predicted octanol–water partition coefficient (Wildman–Crippen LogP) is 3.82. The number of fused-ring (bicyclic) bond motifs is 4. The lowest BCUT2D eigenvalue weighted by molar-refractivity contribution is 0.158. The Morgan fingerprint density at radius 2 is 2.09 bits per heavy atom. The van der Waals surface area contributed by atoms with E-state index in [-0.39, 0.29) is 0 Å². The zero-order valence-electron chi connectivity index (χ0n) is 12.5. The van der Waals surface area contributed by atoms with Crippen LogP contribution in [-0.4, -0.2) is 23.7 Å². The van der Waals surface area contributed by atoms with Crippen LogP contribution in [0.3, 0.4) is 0 Å². The van der Waals surface area contributed by atoms with Crippen LogP contribution in [0.1, 0.15) is 28.3 Å². The van der Waals surface area contributed by atoms with E-state index >= 15 is 0 Å². The Labute approximate surface area is 138 Å². The number of phenols is 1. The van der Waals surface area contributed by atoms with E-state index < -0.39 is 0 Å². The Morgan fingerprint density at radius 3 is 2.91 bits per heavy atom. The molecule has 114 valence electrons. The van der Waals surface area contributed by atoms with Crippen molar-refractivity contribution in [3.8, 4) is 11.5 Å². The fourth-order valence-corrected chi connectivity index (χ4v) is 4.27. The molecule has 0 aromatic heterocycles. The minimum absolute atomic E-state index is 0.389. The van der Waals surface area contributed by atoms with Gasteiger partial charge < -0.3 is 9.84 Å². The van der Waals surface area contributed by atoms with Gasteiger partial charge in [0.15, 0.2) is 0 Å². The molecule has 0 saturated carbocycles. The zero-order chi connectivity index (χ0) is 15.3. The zero-order valence-corrected chi connectivity index (χ0v) is 14.1. The van der Waals surface area contributed by atoms with Crippen molar-refractivity contribution in [1.29, 1.82) is 0 Å². The van der Waals surface area contributed by atoms with Gasteiger partial charge in [0.25, 0.3) is 0 Å². The second kappa shape index (κ2) is 5.28. The van der Waals surface area contributed by atoms with Crippen molar-refractivity contribution in [2.75, 3.05) is 13.7 Å². The average Bonchev–Trinajstić information content (AvgIpc) is 2.56. The molecule has 0 saturated heterocycles. The number of hydrogen-bond donors (Lipinski definition) is 1. The topological polar surface area (TPSA) is 32.7 Å². The second-order valence-corrected chi connectivity index (χ2v) is 6.88. The number of halogens is 1. The van der Waals surface area contributed by atoms with Crippen LogP contribution < -0.4 is 4.74 Å². The summed E-state index contributed by atoms with van der Waals surface area (Å²) in [6.45, 7) is 1.84. The molecule has 1 N–H and O–H groups in total. The summed E-state index contributed by atoms with van der Waals surface area (Å²) in [5.41, 5.74) is 5.10. The number of rotatable bonds is 1. The van der Waals surface area contributed by atoms with E-state index in [1.54, 1.807) is 13.2 Å². The van der Waals surface area contributed by atoms with Crippen LogP contribution in [0, 0.1) is 0 Å². The van der Waals surface area contributed by atoms with Crippen LogP contribution in [0.25, 0.3) is 0 Å². The molecule has 4 heteroatoms. The molecule has 4 rings (SSSR count). The summed E-state index contributed by atoms with van der Waals surface area (Å²) in [5.74, 6) is 1.35. The highest BCUT2D eigenvalue weighted by Crippen LogP contribution is 2.43. The first kappa shape index (κ1) is 14.1. The lowest BCUT2D eigenvalue weighted by Gasteiger charge is -2.42. The average molecular weight is 360 g/mol. The first-order valence-electron chi connectivity index (χ1n) is 7.57. The highest BCUT2D eigenvalue weighted by molar-refractivity contribution is 9.10. The molecular weight excluding hydrogens is 342 g/mol. The summed E-state index contributed by atoms with van der Waals surface area (Å²) in [5, 5.41) is 10.2. The van der Waals surface area contributed by atoms with Gasteiger partial charge >= 0.3 is 0 Å². The molecule has 0 bridgehead atoms. The predicted molar refractivity (Wildman–Crippen MR) is 89.4 cm³/mol. The molecule has 0 spiro atoms. The lowest BCUT2D eigenvalue weighted by Crippen LogP contribution is -2.39. The van der Waals surface area contributed by atoms with Gasteiger partial charge in [0.1, 0.15) is 11.5 Å². The van der Waals surface area contributed by atoms with Crippen molar-refractivity contribution in [2.45, 2.75) is 25.4 Å². The molecule has 0 amide bonds. The largest absolute Gasteiger partial charge is 0.508 e. The van der Waals surface area contributed by atoms with E-state index in [0.717, 1.165) is 41.7 Å². The Hall–Kier alpha value is -1.52. The van der Waals surface area contributed by atoms with Gasteiger partial charge in [0, 0.05) is 29.2 Å². The first-order chi connectivity index (χ1) is 10.7. The fraction of sp³-hybridized carbons (Fsp3) is 0.333. The van der Waals surface area contributed by atoms with E-state index in [4.69, 9.17) is 4.74 Å². The molecule has 1 unspecified atom stereocenters. The molecule has 0 fully saturated rings. The van der Waals surface area contributed by atoms with Crippen molar-refractivity contribution in [1.82, 2.24) is 4.90 Å². The number of ether oxygens (including phenoxy) is 1. The van der Waals surface area contributed by atoms with Gasteiger partial charge in [-0.1, -0.05) is 22.0 Å². The van der Waals surface area contributed by atoms with Gasteiger partial charge in [-0.2, -0.15) is 0 Å². The summed E-state index contributed by atoms with van der Waals surface area (Å²) in [6.07, 6.45) is 1.97. The summed E-state index contributed by atoms with van der Waals surface area (Å²) in [7, 11) is 1.72. The van der Waals surface area contributed by atoms with E-state index in [9.17, 15) is 5.11 Å². The number of aromatic hydroxyl groups is 1. The Bertz CT molecular complexity index is 744. The maximum atomic E-state index is 10.2. The van der Waals surface area contributed by atoms with Crippen molar-refractivity contribution >= 4 is 15.9 Å². The molecule has 3 nitrogen and oxygen atoms in total. The molecule has 0 radical (unpaired) electrons. The summed E-state index contributed by atoms with van der Waals surface area (Å²) < 4.78 is 6.45. The van der Waals surface area contributed by atoms with Crippen LogP contribution >= 0.6 is 15.9 Å². The van der Waals surface area contributed by atoms with E-state index in [1.807, 2.05) is 6.07 Å². The van der Waals surface area contributed by atoms with Crippen molar-refractivity contribution in [3.05, 3.63) is 57.1 Å². The van der Waals surface area contributed by atoms with Gasteiger partial charge in [-0.15, -0.1) is 0 Å². The van der Waals surface area contributed by atoms with Gasteiger partial charge in [-0.05, 0) is 53.8 Å². The standard InChI is InChI=1S/C18H18BrNO2/c1-22-12-2-3-13-11(8-12)6-7-20-10-15-14(9-17(13)20)16(19)4-5-18(15)21/h2-5,8,17,21H,6-7,9-10H2,1H3. The molecule has 2 heterocycles. The van der Waals surface area contributed by atoms with Crippen LogP contribution in [-0.2, 0) is 19.4 Å². The van der Waals surface area contributed by atoms with Gasteiger partial charge in [-0.3, -0.25) is 4.90 Å². The smallest absolute Gasteiger partial charge is 0.120 e. The highest BCUT2D eigenvalue weighted by atomic mass is 79.9. The summed E-state index contributed by atoms with van der Waals surface area (Å²) in [4.78, 5) is 2.48. The number of nitrogens with zero attached hydrogens (tertiary/aromatic N) is 1. The second-order valence-electron chi connectivity index (χ2n) is 6.03. The normalized spacial score (nSPS) is 20.0. The first-order valence-corrected chi connectivity index (χ1v) is 8.36. The molecule has 1 atom stereocenters. The van der Waals surface area contributed by atoms with Gasteiger partial charge in [-0.25, -0.2) is 0 Å². The number of benzene rings is 2. The Balaban J connectivity index is 1.78. The minimum atomic E-state index is 0.389. The molecule has 0 aliphatic carbocycles. The van der Waals surface area contributed by atoms with Crippen molar-refractivity contribution < 1.29 is 9.84 Å². The Kier molecular flexibility index (Phi) is 3.39. The number of phenolic OH excluding ortho intramolecular Hbond substituents is 1. The minimum Gasteiger partial charge on any atom is -0.508 e. The van der Waals surface area contributed by atoms with Crippen LogP contribution in [0.5, 0.6) is 11.5 Å². The maximum absolute atomic E-state index is 10.2. The van der Waals surface area contributed by atoms with Gasteiger partial charge in [0.2, 0.25) is 0 Å². The monoisotopic (exact) mass is 359 g/mol. The highest BCUT2D eigenvalue weighted by Gasteiger charge is 2.34. The maximum Gasteiger partial charge on any atom is 0.120 e. The molecule has 2 aromatic rings. The van der Waals surface area contributed by atoms with Gasteiger partial charge in [0.05, 0.1) is 7.11 Å². The molecule has 2 aliphatic rings. The third-order valence-corrected chi connectivity index (χ3v) is 5.67. The lowest BCUT2D eigenvalue weighted by atomic mass is 9.84. The van der Waals surface area contributed by atoms with Crippen LogP contribution in [0.4, 0.5) is 0 Å². The molecule has 2 aliphatic heterocycles. The van der Waals surface area contributed by atoms with E-state index in [0.29, 0.717) is 11.8 Å². The van der Waals surface area contributed by atoms with Crippen LogP contribution in [0.2, 0.25) is 0 Å². The van der Waals surface area contributed by atoms with Crippen molar-refractivity contribution in [3.63, 3.8) is 0 Å². The molecule has 22 heavy (non-hydrogen) atoms. The third kappa shape index (κ3) is 2.13. The summed E-state index contributed by atoms with van der Waals surface area (Å²) in [6, 6.07) is 10.5. The third-order valence-electron chi connectivity index (χ3n) is 4.93. The fourth-order valence-electron chi connectivity index (χ4n) is 3.74. The number of methoxy groups -OCH3 is 1.